The highest BCUT2D eigenvalue weighted by molar-refractivity contribution is 7.86. The van der Waals surface area contributed by atoms with Crippen LogP contribution in [0.3, 0.4) is 0 Å². The van der Waals surface area contributed by atoms with Crippen LogP contribution in [0.2, 0.25) is 0 Å². The maximum atomic E-state index is 12.2. The minimum absolute atomic E-state index is 0.118. The molecular weight excluding hydrogens is 326 g/mol. The Balaban J connectivity index is 2.49. The molecule has 1 amide bonds. The van der Waals surface area contributed by atoms with Crippen molar-refractivity contribution in [3.05, 3.63) is 58.1 Å². The van der Waals surface area contributed by atoms with E-state index in [1.54, 1.807) is 0 Å². The number of rotatable bonds is 4. The van der Waals surface area contributed by atoms with Gasteiger partial charge in [0.15, 0.2) is 0 Å². The van der Waals surface area contributed by atoms with Gasteiger partial charge in [0.25, 0.3) is 21.7 Å². The quantitative estimate of drug-likeness (QED) is 0.332. The zero-order valence-electron chi connectivity index (χ0n) is 11.5. The summed E-state index contributed by atoms with van der Waals surface area (Å²) in [5.41, 5.74) is 4.42. The van der Waals surface area contributed by atoms with Gasteiger partial charge >= 0.3 is 0 Å². The van der Waals surface area contributed by atoms with E-state index in [-0.39, 0.29) is 16.9 Å². The topological polar surface area (TPSA) is 153 Å². The Morgan fingerprint density at radius 1 is 1.17 bits per heavy atom. The van der Waals surface area contributed by atoms with Gasteiger partial charge in [-0.05, 0) is 18.2 Å². The van der Waals surface area contributed by atoms with Gasteiger partial charge in [0, 0.05) is 6.07 Å². The summed E-state index contributed by atoms with van der Waals surface area (Å²) >= 11 is 0. The molecule has 0 spiro atoms. The van der Waals surface area contributed by atoms with Gasteiger partial charge in [0.1, 0.15) is 10.5 Å². The van der Waals surface area contributed by atoms with Crippen LogP contribution in [0, 0.1) is 10.1 Å². The van der Waals surface area contributed by atoms with Crippen LogP contribution >= 0.6 is 0 Å². The molecular formula is C13H11N3O6S. The Labute approximate surface area is 130 Å². The van der Waals surface area contributed by atoms with E-state index < -0.39 is 31.5 Å². The van der Waals surface area contributed by atoms with E-state index in [0.29, 0.717) is 0 Å². The number of nitrogen functional groups attached to an aromatic ring is 1. The van der Waals surface area contributed by atoms with E-state index in [1.165, 1.54) is 30.3 Å². The molecule has 0 unspecified atom stereocenters. The van der Waals surface area contributed by atoms with Crippen molar-refractivity contribution in [2.45, 2.75) is 4.90 Å². The number of carbonyl (C=O) groups is 1. The van der Waals surface area contributed by atoms with Gasteiger partial charge in [-0.2, -0.15) is 8.42 Å². The number of nitrogens with one attached hydrogen (secondary N) is 1. The number of nitro groups is 1. The molecule has 0 bridgehead atoms. The number of amides is 1. The van der Waals surface area contributed by atoms with Crippen molar-refractivity contribution >= 4 is 33.1 Å². The lowest BCUT2D eigenvalue weighted by molar-refractivity contribution is -0.385. The second kappa shape index (κ2) is 6.02. The van der Waals surface area contributed by atoms with Crippen molar-refractivity contribution < 1.29 is 22.7 Å². The molecule has 0 aliphatic heterocycles. The lowest BCUT2D eigenvalue weighted by Gasteiger charge is -2.11. The number of para-hydroxylation sites is 2. The zero-order valence-corrected chi connectivity index (χ0v) is 12.3. The highest BCUT2D eigenvalue weighted by atomic mass is 32.2. The number of hydrogen-bond acceptors (Lipinski definition) is 6. The van der Waals surface area contributed by atoms with E-state index in [0.717, 1.165) is 12.1 Å². The van der Waals surface area contributed by atoms with Crippen LogP contribution in [-0.4, -0.2) is 23.8 Å². The summed E-state index contributed by atoms with van der Waals surface area (Å²) in [7, 11) is -4.64. The molecule has 2 aromatic carbocycles. The molecule has 2 aromatic rings. The molecule has 0 fully saturated rings. The molecule has 0 aliphatic rings. The first-order valence-electron chi connectivity index (χ1n) is 6.12. The highest BCUT2D eigenvalue weighted by Gasteiger charge is 2.23. The number of carbonyl (C=O) groups excluding carboxylic acids is 1. The monoisotopic (exact) mass is 337 g/mol. The Kier molecular flexibility index (Phi) is 4.29. The molecule has 4 N–H and O–H groups in total. The molecule has 120 valence electrons. The Morgan fingerprint density at radius 2 is 1.83 bits per heavy atom. The molecule has 0 heterocycles. The molecule has 0 atom stereocenters. The third-order valence-corrected chi connectivity index (χ3v) is 3.82. The Morgan fingerprint density at radius 3 is 2.43 bits per heavy atom. The molecule has 2 rings (SSSR count). The minimum atomic E-state index is -4.64. The predicted molar refractivity (Wildman–Crippen MR) is 81.7 cm³/mol. The molecule has 0 radical (unpaired) electrons. The normalized spacial score (nSPS) is 11.0. The van der Waals surface area contributed by atoms with E-state index in [4.69, 9.17) is 5.73 Å². The second-order valence-corrected chi connectivity index (χ2v) is 5.81. The van der Waals surface area contributed by atoms with Gasteiger partial charge < -0.3 is 11.1 Å². The molecule has 9 nitrogen and oxygen atoms in total. The fourth-order valence-corrected chi connectivity index (χ4v) is 2.58. The second-order valence-electron chi connectivity index (χ2n) is 4.42. The SMILES string of the molecule is Nc1cccc(S(=O)(=O)O)c1NC(=O)c1ccccc1[N+](=O)[O-]. The van der Waals surface area contributed by atoms with Crippen molar-refractivity contribution in [3.8, 4) is 0 Å². The lowest BCUT2D eigenvalue weighted by atomic mass is 10.1. The third-order valence-electron chi connectivity index (χ3n) is 2.92. The predicted octanol–water partition coefficient (Wildman–Crippen LogP) is 1.68. The van der Waals surface area contributed by atoms with Gasteiger partial charge in [0.2, 0.25) is 0 Å². The van der Waals surface area contributed by atoms with Crippen LogP contribution in [0.1, 0.15) is 10.4 Å². The first-order chi connectivity index (χ1) is 10.7. The van der Waals surface area contributed by atoms with Gasteiger partial charge in [-0.3, -0.25) is 19.5 Å². The average molecular weight is 337 g/mol. The number of benzene rings is 2. The molecule has 0 saturated heterocycles. The summed E-state index contributed by atoms with van der Waals surface area (Å²) in [6.07, 6.45) is 0. The smallest absolute Gasteiger partial charge is 0.296 e. The highest BCUT2D eigenvalue weighted by Crippen LogP contribution is 2.29. The number of hydrogen-bond donors (Lipinski definition) is 3. The summed E-state index contributed by atoms with van der Waals surface area (Å²) in [4.78, 5) is 21.8. The fraction of sp³-hybridized carbons (Fsp3) is 0. The summed E-state index contributed by atoms with van der Waals surface area (Å²) in [5, 5.41) is 13.1. The van der Waals surface area contributed by atoms with Crippen molar-refractivity contribution in [3.63, 3.8) is 0 Å². The van der Waals surface area contributed by atoms with Gasteiger partial charge in [-0.1, -0.05) is 18.2 Å². The Hall–Kier alpha value is -2.98. The van der Waals surface area contributed by atoms with E-state index in [9.17, 15) is 27.9 Å². The lowest BCUT2D eigenvalue weighted by Crippen LogP contribution is -2.17. The van der Waals surface area contributed by atoms with Crippen LogP contribution in [0.15, 0.2) is 47.4 Å². The van der Waals surface area contributed by atoms with E-state index >= 15 is 0 Å². The molecule has 0 saturated carbocycles. The first-order valence-corrected chi connectivity index (χ1v) is 7.56. The summed E-state index contributed by atoms with van der Waals surface area (Å²) in [5.74, 6) is -0.930. The molecule has 23 heavy (non-hydrogen) atoms. The van der Waals surface area contributed by atoms with Crippen molar-refractivity contribution in [2.24, 2.45) is 0 Å². The number of nitrogens with zero attached hydrogens (tertiary/aromatic N) is 1. The molecule has 10 heteroatoms. The van der Waals surface area contributed by atoms with Crippen molar-refractivity contribution in [2.75, 3.05) is 11.1 Å². The van der Waals surface area contributed by atoms with Crippen LogP contribution in [0.5, 0.6) is 0 Å². The average Bonchev–Trinajstić information content (AvgIpc) is 2.48. The molecule has 0 aromatic heterocycles. The van der Waals surface area contributed by atoms with Crippen molar-refractivity contribution in [1.82, 2.24) is 0 Å². The summed E-state index contributed by atoms with van der Waals surface area (Å²) in [6, 6.07) is 8.77. The Bertz CT molecular complexity index is 894. The van der Waals surface area contributed by atoms with Gasteiger partial charge in [-0.25, -0.2) is 0 Å². The molecule has 0 aliphatic carbocycles. The van der Waals surface area contributed by atoms with Crippen molar-refractivity contribution in [1.29, 1.82) is 0 Å². The standard InChI is InChI=1S/C13H11N3O6S/c14-9-5-3-7-11(23(20,21)22)12(9)15-13(17)8-4-1-2-6-10(8)16(18)19/h1-7H,14H2,(H,15,17)(H,20,21,22). The largest absolute Gasteiger partial charge is 0.397 e. The maximum Gasteiger partial charge on any atom is 0.296 e. The van der Waals surface area contributed by atoms with Crippen LogP contribution in [0.25, 0.3) is 0 Å². The zero-order chi connectivity index (χ0) is 17.2. The van der Waals surface area contributed by atoms with Crippen LogP contribution in [-0.2, 0) is 10.1 Å². The first kappa shape index (κ1) is 16.4. The minimum Gasteiger partial charge on any atom is -0.397 e. The summed E-state index contributed by atoms with van der Waals surface area (Å²) in [6.45, 7) is 0. The van der Waals surface area contributed by atoms with Gasteiger partial charge in [0.05, 0.1) is 16.3 Å². The van der Waals surface area contributed by atoms with E-state index in [1.807, 2.05) is 0 Å². The maximum absolute atomic E-state index is 12.2. The number of nitro benzene ring substituents is 1. The third kappa shape index (κ3) is 3.44. The number of nitrogens with two attached hydrogens (primary N) is 1. The number of anilines is 2. The summed E-state index contributed by atoms with van der Waals surface area (Å²) < 4.78 is 31.9. The fourth-order valence-electron chi connectivity index (χ4n) is 1.90. The van der Waals surface area contributed by atoms with E-state index in [2.05, 4.69) is 5.32 Å². The van der Waals surface area contributed by atoms with Crippen LogP contribution < -0.4 is 11.1 Å². The van der Waals surface area contributed by atoms with Gasteiger partial charge in [-0.15, -0.1) is 0 Å². The van der Waals surface area contributed by atoms with Crippen LogP contribution in [0.4, 0.5) is 17.1 Å².